The van der Waals surface area contributed by atoms with Crippen LogP contribution in [0.3, 0.4) is 0 Å². The van der Waals surface area contributed by atoms with Crippen molar-refractivity contribution in [3.05, 3.63) is 77.9 Å². The molecule has 1 amide bonds. The zero-order chi connectivity index (χ0) is 26.5. The van der Waals surface area contributed by atoms with Crippen molar-refractivity contribution in [2.45, 2.75) is 31.1 Å². The van der Waals surface area contributed by atoms with Crippen molar-refractivity contribution >= 4 is 27.3 Å². The van der Waals surface area contributed by atoms with Gasteiger partial charge < -0.3 is 20.5 Å². The Labute approximate surface area is 206 Å². The van der Waals surface area contributed by atoms with Crippen LogP contribution in [0.4, 0.5) is 24.5 Å². The first-order chi connectivity index (χ1) is 16.9. The lowest BCUT2D eigenvalue weighted by Crippen LogP contribution is -2.27. The lowest BCUT2D eigenvalue weighted by molar-refractivity contribution is -0.274. The number of nitrogens with two attached hydrogens (primary N) is 1. The molecule has 3 aromatic rings. The Morgan fingerprint density at radius 2 is 1.64 bits per heavy atom. The van der Waals surface area contributed by atoms with E-state index in [1.165, 1.54) is 37.3 Å². The van der Waals surface area contributed by atoms with Gasteiger partial charge in [0, 0.05) is 17.8 Å². The second-order valence-electron chi connectivity index (χ2n) is 7.61. The second kappa shape index (κ2) is 10.9. The highest BCUT2D eigenvalue weighted by atomic mass is 32.2. The highest BCUT2D eigenvalue weighted by Gasteiger charge is 2.32. The van der Waals surface area contributed by atoms with Gasteiger partial charge in [0.15, 0.2) is 0 Å². The molecule has 0 saturated carbocycles. The molecule has 4 N–H and O–H groups in total. The summed E-state index contributed by atoms with van der Waals surface area (Å²) in [5.41, 5.74) is 6.85. The van der Waals surface area contributed by atoms with Crippen LogP contribution in [0.5, 0.6) is 11.5 Å². The highest BCUT2D eigenvalue weighted by molar-refractivity contribution is 7.92. The third-order valence-electron chi connectivity index (χ3n) is 4.91. The number of benzene rings is 3. The number of alkyl halides is 3. The standard InChI is InChI=1S/C24H24F3N3O5S/c1-3-34-20-13-17(29-23(31)22(28)16-7-5-4-6-8-16)11-12-21(20)36(32,33)30-18-10-9-15(2)19(14-18)35-24(25,26)27/h4-14,22,30H,3,28H2,1-2H3,(H,29,31)/t22-/m0/s1. The summed E-state index contributed by atoms with van der Waals surface area (Å²) in [7, 11) is -4.29. The Hall–Kier alpha value is -3.77. The van der Waals surface area contributed by atoms with Crippen molar-refractivity contribution in [1.29, 1.82) is 0 Å². The van der Waals surface area contributed by atoms with E-state index in [1.54, 1.807) is 37.3 Å². The van der Waals surface area contributed by atoms with E-state index in [-0.39, 0.29) is 34.2 Å². The number of rotatable bonds is 9. The molecule has 3 aromatic carbocycles. The first kappa shape index (κ1) is 26.8. The van der Waals surface area contributed by atoms with Gasteiger partial charge in [0.05, 0.1) is 12.3 Å². The summed E-state index contributed by atoms with van der Waals surface area (Å²) in [6.07, 6.45) is -4.94. The maximum Gasteiger partial charge on any atom is 0.573 e. The van der Waals surface area contributed by atoms with Crippen LogP contribution in [-0.4, -0.2) is 27.3 Å². The normalized spacial score (nSPS) is 12.5. The third-order valence-corrected chi connectivity index (χ3v) is 6.33. The molecular formula is C24H24F3N3O5S. The van der Waals surface area contributed by atoms with Crippen LogP contribution in [0, 0.1) is 6.92 Å². The molecule has 3 rings (SSSR count). The molecule has 0 aliphatic rings. The molecular weight excluding hydrogens is 499 g/mol. The number of halogens is 3. The Morgan fingerprint density at radius 3 is 2.28 bits per heavy atom. The minimum absolute atomic E-state index is 0.0741. The maximum absolute atomic E-state index is 13.0. The quantitative estimate of drug-likeness (QED) is 0.373. The van der Waals surface area contributed by atoms with Crippen molar-refractivity contribution in [2.24, 2.45) is 5.73 Å². The van der Waals surface area contributed by atoms with E-state index in [2.05, 4.69) is 14.8 Å². The van der Waals surface area contributed by atoms with Crippen LogP contribution in [-0.2, 0) is 14.8 Å². The molecule has 0 saturated heterocycles. The van der Waals surface area contributed by atoms with Gasteiger partial charge in [-0.2, -0.15) is 0 Å². The highest BCUT2D eigenvalue weighted by Crippen LogP contribution is 2.32. The summed E-state index contributed by atoms with van der Waals surface area (Å²) in [6, 6.07) is 15.1. The Kier molecular flexibility index (Phi) is 8.10. The number of ether oxygens (including phenoxy) is 2. The number of carbonyl (C=O) groups excluding carboxylic acids is 1. The molecule has 1 atom stereocenters. The van der Waals surface area contributed by atoms with Gasteiger partial charge in [0.2, 0.25) is 5.91 Å². The van der Waals surface area contributed by atoms with Gasteiger partial charge in [0.1, 0.15) is 22.4 Å². The molecule has 192 valence electrons. The molecule has 0 aliphatic heterocycles. The summed E-state index contributed by atoms with van der Waals surface area (Å²) in [5.74, 6) is -1.13. The van der Waals surface area contributed by atoms with Gasteiger partial charge in [-0.15, -0.1) is 13.2 Å². The van der Waals surface area contributed by atoms with Crippen molar-refractivity contribution in [3.8, 4) is 11.5 Å². The smallest absolute Gasteiger partial charge is 0.492 e. The summed E-state index contributed by atoms with van der Waals surface area (Å²) in [4.78, 5) is 12.3. The zero-order valence-corrected chi connectivity index (χ0v) is 20.1. The summed E-state index contributed by atoms with van der Waals surface area (Å²) >= 11 is 0. The number of aryl methyl sites for hydroxylation is 1. The van der Waals surface area contributed by atoms with E-state index in [0.717, 1.165) is 6.07 Å². The van der Waals surface area contributed by atoms with Crippen LogP contribution in [0.15, 0.2) is 71.6 Å². The number of carbonyl (C=O) groups is 1. The molecule has 0 fully saturated rings. The van der Waals surface area contributed by atoms with E-state index in [0.29, 0.717) is 5.56 Å². The largest absolute Gasteiger partial charge is 0.573 e. The lowest BCUT2D eigenvalue weighted by atomic mass is 10.1. The fourth-order valence-electron chi connectivity index (χ4n) is 3.22. The van der Waals surface area contributed by atoms with E-state index >= 15 is 0 Å². The zero-order valence-electron chi connectivity index (χ0n) is 19.3. The summed E-state index contributed by atoms with van der Waals surface area (Å²) in [5, 5.41) is 2.62. The number of sulfonamides is 1. The van der Waals surface area contributed by atoms with Crippen molar-refractivity contribution in [3.63, 3.8) is 0 Å². The Balaban J connectivity index is 1.85. The van der Waals surface area contributed by atoms with Crippen LogP contribution in [0.1, 0.15) is 24.1 Å². The molecule has 0 unspecified atom stereocenters. The minimum Gasteiger partial charge on any atom is -0.492 e. The lowest BCUT2D eigenvalue weighted by Gasteiger charge is -2.17. The molecule has 36 heavy (non-hydrogen) atoms. The number of hydrogen-bond donors (Lipinski definition) is 3. The van der Waals surface area contributed by atoms with Gasteiger partial charge in [-0.1, -0.05) is 36.4 Å². The molecule has 0 heterocycles. The SMILES string of the molecule is CCOc1cc(NC(=O)[C@@H](N)c2ccccc2)ccc1S(=O)(=O)Nc1ccc(C)c(OC(F)(F)F)c1. The molecule has 12 heteroatoms. The Morgan fingerprint density at radius 1 is 1.00 bits per heavy atom. The van der Waals surface area contributed by atoms with E-state index < -0.39 is 34.1 Å². The van der Waals surface area contributed by atoms with Crippen LogP contribution >= 0.6 is 0 Å². The van der Waals surface area contributed by atoms with Crippen molar-refractivity contribution < 1.29 is 35.9 Å². The van der Waals surface area contributed by atoms with Crippen LogP contribution in [0.25, 0.3) is 0 Å². The fourth-order valence-corrected chi connectivity index (χ4v) is 4.39. The minimum atomic E-state index is -4.94. The van der Waals surface area contributed by atoms with Crippen LogP contribution < -0.4 is 25.2 Å². The topological polar surface area (TPSA) is 120 Å². The number of nitrogens with one attached hydrogen (secondary N) is 2. The molecule has 0 spiro atoms. The first-order valence-electron chi connectivity index (χ1n) is 10.7. The second-order valence-corrected chi connectivity index (χ2v) is 9.26. The van der Waals surface area contributed by atoms with Crippen molar-refractivity contribution in [1.82, 2.24) is 0 Å². The predicted molar refractivity (Wildman–Crippen MR) is 128 cm³/mol. The monoisotopic (exact) mass is 523 g/mol. The Bertz CT molecular complexity index is 1330. The van der Waals surface area contributed by atoms with Gasteiger partial charge in [-0.3, -0.25) is 9.52 Å². The summed E-state index contributed by atoms with van der Waals surface area (Å²) in [6.45, 7) is 3.14. The van der Waals surface area contributed by atoms with Gasteiger partial charge in [-0.25, -0.2) is 8.42 Å². The van der Waals surface area contributed by atoms with E-state index in [9.17, 15) is 26.4 Å². The van der Waals surface area contributed by atoms with E-state index in [1.807, 2.05) is 0 Å². The van der Waals surface area contributed by atoms with Crippen molar-refractivity contribution in [2.75, 3.05) is 16.6 Å². The third kappa shape index (κ3) is 6.89. The van der Waals surface area contributed by atoms with Gasteiger partial charge in [0.25, 0.3) is 10.0 Å². The number of anilines is 2. The molecule has 0 radical (unpaired) electrons. The molecule has 8 nitrogen and oxygen atoms in total. The molecule has 0 aromatic heterocycles. The predicted octanol–water partition coefficient (Wildman–Crippen LogP) is 4.73. The first-order valence-corrected chi connectivity index (χ1v) is 12.2. The average molecular weight is 524 g/mol. The molecule has 0 bridgehead atoms. The fraction of sp³-hybridized carbons (Fsp3) is 0.208. The number of amides is 1. The summed E-state index contributed by atoms with van der Waals surface area (Å²) < 4.78 is 75.7. The maximum atomic E-state index is 13.0. The van der Waals surface area contributed by atoms with Crippen LogP contribution in [0.2, 0.25) is 0 Å². The number of hydrogen-bond acceptors (Lipinski definition) is 6. The van der Waals surface area contributed by atoms with E-state index in [4.69, 9.17) is 10.5 Å². The van der Waals surface area contributed by atoms with Gasteiger partial charge in [-0.05, 0) is 43.2 Å². The van der Waals surface area contributed by atoms with Gasteiger partial charge >= 0.3 is 6.36 Å². The molecule has 0 aliphatic carbocycles. The average Bonchev–Trinajstić information content (AvgIpc) is 2.80.